The number of ether oxygens (including phenoxy) is 8. The largest absolute Gasteiger partial charge is 0.458 e. The van der Waals surface area contributed by atoms with Gasteiger partial charge in [-0.3, -0.25) is 14.4 Å². The molecule has 2 unspecified atom stereocenters. The fraction of sp³-hybridized carbons (Fsp3) is 0.812. The van der Waals surface area contributed by atoms with E-state index in [2.05, 4.69) is 9.97 Å². The quantitative estimate of drug-likeness (QED) is 0.275. The van der Waals surface area contributed by atoms with Gasteiger partial charge in [-0.15, -0.1) is 11.8 Å². The summed E-state index contributed by atoms with van der Waals surface area (Å²) in [5, 5.41) is 22.2. The number of rotatable bonds is 12. The fourth-order valence-electron chi connectivity index (χ4n) is 11.2. The number of carbonyl (C=O) groups excluding carboxylic acids is 3. The zero-order valence-corrected chi connectivity index (χ0v) is 42.2. The van der Waals surface area contributed by atoms with E-state index in [1.54, 1.807) is 47.3 Å². The van der Waals surface area contributed by atoms with Crippen molar-refractivity contribution in [3.8, 4) is 0 Å². The van der Waals surface area contributed by atoms with Crippen molar-refractivity contribution in [3.05, 3.63) is 24.7 Å². The molecule has 66 heavy (non-hydrogen) atoms. The van der Waals surface area contributed by atoms with Crippen molar-refractivity contribution >= 4 is 40.6 Å². The van der Waals surface area contributed by atoms with Gasteiger partial charge in [0.15, 0.2) is 23.8 Å². The molecule has 0 spiro atoms. The van der Waals surface area contributed by atoms with Crippen LogP contribution in [0.15, 0.2) is 24.7 Å². The maximum absolute atomic E-state index is 15.1. The van der Waals surface area contributed by atoms with Crippen LogP contribution >= 0.6 is 11.8 Å². The lowest BCUT2D eigenvalue weighted by molar-refractivity contribution is -0.319. The van der Waals surface area contributed by atoms with E-state index < -0.39 is 113 Å². The highest BCUT2D eigenvalue weighted by atomic mass is 32.2. The summed E-state index contributed by atoms with van der Waals surface area (Å²) in [5.74, 6) is -4.52. The molecule has 4 fully saturated rings. The minimum absolute atomic E-state index is 0.119. The summed E-state index contributed by atoms with van der Waals surface area (Å²) in [5.41, 5.74) is -2.20. The number of ketones is 1. The average Bonchev–Trinajstić information content (AvgIpc) is 3.81. The number of hydrogen-bond donors (Lipinski definition) is 2. The smallest absolute Gasteiger partial charge is 0.320 e. The van der Waals surface area contributed by atoms with E-state index in [9.17, 15) is 19.8 Å². The summed E-state index contributed by atoms with van der Waals surface area (Å²) in [6.45, 7) is 18.8. The molecule has 0 radical (unpaired) electrons. The van der Waals surface area contributed by atoms with Crippen LogP contribution in [0.25, 0.3) is 11.2 Å². The number of carbonyl (C=O) groups is 3. The van der Waals surface area contributed by atoms with Crippen molar-refractivity contribution < 1.29 is 62.5 Å². The van der Waals surface area contributed by atoms with E-state index >= 15 is 4.79 Å². The molecule has 2 aromatic rings. The average molecular weight is 949 g/mol. The Hall–Kier alpha value is -2.78. The monoisotopic (exact) mass is 949 g/mol. The van der Waals surface area contributed by atoms with Crippen LogP contribution < -0.4 is 0 Å². The molecule has 2 aromatic heterocycles. The molecule has 17 nitrogen and oxygen atoms in total. The number of esters is 2. The molecule has 0 bridgehead atoms. The number of Topliss-reactive ketones (excluding diaryl/α,β-unsaturated/α-hetero) is 1. The van der Waals surface area contributed by atoms with Crippen LogP contribution in [0.1, 0.15) is 94.9 Å². The molecule has 19 atom stereocenters. The minimum Gasteiger partial charge on any atom is -0.458 e. The number of imidazole rings is 1. The number of cyclic esters (lactones) is 1. The lowest BCUT2D eigenvalue weighted by Gasteiger charge is -2.50. The lowest BCUT2D eigenvalue weighted by Crippen LogP contribution is -2.61. The Morgan fingerprint density at radius 1 is 0.924 bits per heavy atom. The summed E-state index contributed by atoms with van der Waals surface area (Å²) in [4.78, 5) is 55.1. The van der Waals surface area contributed by atoms with Gasteiger partial charge in [0.1, 0.15) is 34.9 Å². The molecule has 6 rings (SSSR count). The number of thioether (sulfide) groups is 1. The Morgan fingerprint density at radius 3 is 2.27 bits per heavy atom. The minimum atomic E-state index is -1.38. The fourth-order valence-corrected chi connectivity index (χ4v) is 12.7. The molecule has 0 saturated carbocycles. The number of fused-ring (bicyclic) bond motifs is 2. The predicted octanol–water partition coefficient (Wildman–Crippen LogP) is 4.81. The van der Waals surface area contributed by atoms with Crippen molar-refractivity contribution in [2.24, 2.45) is 29.6 Å². The first-order chi connectivity index (χ1) is 31.0. The van der Waals surface area contributed by atoms with Crippen LogP contribution in [-0.2, 0) is 58.8 Å². The van der Waals surface area contributed by atoms with Crippen molar-refractivity contribution in [2.45, 2.75) is 185 Å². The Bertz CT molecular complexity index is 1990. The maximum Gasteiger partial charge on any atom is 0.320 e. The highest BCUT2D eigenvalue weighted by Gasteiger charge is 2.62. The SMILES string of the molecule is CC[C@H]1OC(=O)[C@H](C)[C@@H](O[C@H]2C[C@@](C)(OC)[C@@H](O)[C@@H](C)O2)[C@H](C)[C@@H](O[C@@H]2O[C@H](C)C[C@H](N(C)C)[C@H]2O)[C@](C)(OC)C[C@@H](C)C(=O)[C@@H](C)C2C(SCCn3cnc4cccnc43)C(=O)O[C@@]21C. The second-order valence-electron chi connectivity index (χ2n) is 20.2. The van der Waals surface area contributed by atoms with E-state index in [4.69, 9.17) is 37.9 Å². The van der Waals surface area contributed by atoms with Crippen molar-refractivity contribution in [1.82, 2.24) is 19.4 Å². The third-order valence-electron chi connectivity index (χ3n) is 15.3. The van der Waals surface area contributed by atoms with Crippen LogP contribution in [0.4, 0.5) is 0 Å². The van der Waals surface area contributed by atoms with Crippen molar-refractivity contribution in [1.29, 1.82) is 0 Å². The third kappa shape index (κ3) is 10.4. The molecule has 6 heterocycles. The first kappa shape index (κ1) is 52.6. The first-order valence-corrected chi connectivity index (χ1v) is 24.7. The van der Waals surface area contributed by atoms with Gasteiger partial charge in [-0.1, -0.05) is 27.7 Å². The summed E-state index contributed by atoms with van der Waals surface area (Å²) >= 11 is 1.41. The summed E-state index contributed by atoms with van der Waals surface area (Å²) in [7, 11) is 6.87. The molecule has 0 aromatic carbocycles. The molecule has 4 aliphatic heterocycles. The number of nitrogens with zero attached hydrogens (tertiary/aromatic N) is 4. The van der Waals surface area contributed by atoms with Crippen LogP contribution in [0.3, 0.4) is 0 Å². The summed E-state index contributed by atoms with van der Waals surface area (Å²) < 4.78 is 53.6. The molecule has 4 saturated heterocycles. The second-order valence-corrected chi connectivity index (χ2v) is 21.4. The number of aliphatic hydroxyl groups is 2. The van der Waals surface area contributed by atoms with E-state index in [0.29, 0.717) is 18.7 Å². The van der Waals surface area contributed by atoms with E-state index in [1.165, 1.54) is 18.9 Å². The van der Waals surface area contributed by atoms with Gasteiger partial charge in [0.2, 0.25) is 0 Å². The van der Waals surface area contributed by atoms with E-state index in [-0.39, 0.29) is 37.2 Å². The van der Waals surface area contributed by atoms with Crippen LogP contribution in [0, 0.1) is 29.6 Å². The topological polar surface area (TPSA) is 199 Å². The number of aromatic nitrogens is 3. The van der Waals surface area contributed by atoms with Gasteiger partial charge in [-0.05, 0) is 87.0 Å². The Balaban J connectivity index is 1.42. The number of methoxy groups -OCH3 is 2. The zero-order valence-electron chi connectivity index (χ0n) is 41.4. The molecular formula is C48H76N4O13S. The van der Waals surface area contributed by atoms with E-state index in [0.717, 1.165) is 11.2 Å². The number of pyridine rings is 1. The second kappa shape index (κ2) is 21.1. The Kier molecular flexibility index (Phi) is 16.8. The van der Waals surface area contributed by atoms with Crippen molar-refractivity contribution in [2.75, 3.05) is 34.1 Å². The molecule has 2 N–H and O–H groups in total. The van der Waals surface area contributed by atoms with Gasteiger partial charge in [0.25, 0.3) is 0 Å². The maximum atomic E-state index is 15.1. The summed E-state index contributed by atoms with van der Waals surface area (Å²) in [6, 6.07) is 3.42. The zero-order chi connectivity index (χ0) is 48.6. The highest BCUT2D eigenvalue weighted by Crippen LogP contribution is 2.49. The highest BCUT2D eigenvalue weighted by molar-refractivity contribution is 8.00. The lowest BCUT2D eigenvalue weighted by atomic mass is 9.70. The van der Waals surface area contributed by atoms with Gasteiger partial charge in [0, 0.05) is 68.8 Å². The molecule has 0 aliphatic carbocycles. The Morgan fingerprint density at radius 2 is 1.62 bits per heavy atom. The van der Waals surface area contributed by atoms with Gasteiger partial charge < -0.3 is 57.6 Å². The van der Waals surface area contributed by atoms with Crippen LogP contribution in [0.5, 0.6) is 0 Å². The standard InChI is InChI=1S/C48H76N4O13S/c1-15-33-48(10)35(39(44(57)65-48)66-20-19-52-24-50-31-17-16-18-49-42(31)52)27(4)36(53)25(2)22-47(9,59-14)41(64-45-37(54)32(51(11)12)21-26(3)60-45)28(5)38(29(6)43(56)62-33)63-34-23-46(8,58-13)40(55)30(7)61-34/h16-18,24-30,32-35,37-41,45,54-55H,15,19-23H2,1-14H3/t25-,26-,27+,28+,29-,30-,32+,33-,34+,35?,37-,38+,39?,40+,41-,45+,46-,47-,48-/m1/s1. The van der Waals surface area contributed by atoms with Gasteiger partial charge in [-0.2, -0.15) is 0 Å². The molecule has 4 aliphatic rings. The van der Waals surface area contributed by atoms with Crippen LogP contribution in [0.2, 0.25) is 0 Å². The number of aliphatic hydroxyl groups excluding tert-OH is 2. The first-order valence-electron chi connectivity index (χ1n) is 23.6. The number of hydrogen-bond acceptors (Lipinski definition) is 17. The van der Waals surface area contributed by atoms with Crippen LogP contribution in [-0.4, -0.2) is 165 Å². The van der Waals surface area contributed by atoms with E-state index in [1.807, 2.05) is 77.2 Å². The number of likely N-dealkylation sites (N-methyl/N-ethyl adjacent to an activating group) is 1. The number of aryl methyl sites for hydroxylation is 1. The molecular weight excluding hydrogens is 873 g/mol. The predicted molar refractivity (Wildman–Crippen MR) is 246 cm³/mol. The van der Waals surface area contributed by atoms with Gasteiger partial charge in [0.05, 0.1) is 47.9 Å². The van der Waals surface area contributed by atoms with Crippen molar-refractivity contribution in [3.63, 3.8) is 0 Å². The summed E-state index contributed by atoms with van der Waals surface area (Å²) in [6.07, 6.45) is -3.41. The third-order valence-corrected chi connectivity index (χ3v) is 16.5. The normalized spacial score (nSPS) is 43.1. The van der Waals surface area contributed by atoms with Gasteiger partial charge in [-0.25, -0.2) is 9.97 Å². The molecule has 18 heteroatoms. The Labute approximate surface area is 394 Å². The van der Waals surface area contributed by atoms with Gasteiger partial charge >= 0.3 is 11.9 Å². The molecule has 372 valence electrons. The molecule has 0 amide bonds.